The van der Waals surface area contributed by atoms with Gasteiger partial charge >= 0.3 is 11.9 Å². The zero-order chi connectivity index (χ0) is 18.9. The molecule has 1 aromatic carbocycles. The molecule has 1 heterocycles. The molecule has 6 nitrogen and oxygen atoms in total. The highest BCUT2D eigenvalue weighted by molar-refractivity contribution is 8.77. The molecule has 26 heavy (non-hydrogen) atoms. The predicted octanol–water partition coefficient (Wildman–Crippen LogP) is 3.21. The van der Waals surface area contributed by atoms with Crippen LogP contribution in [0.2, 0.25) is 0 Å². The molecule has 1 fully saturated rings. The summed E-state index contributed by atoms with van der Waals surface area (Å²) < 4.78 is 0. The Kier molecular flexibility index (Phi) is 8.31. The smallest absolute Gasteiger partial charge is 0.335 e. The van der Waals surface area contributed by atoms with Crippen molar-refractivity contribution in [3.05, 3.63) is 35.4 Å². The molecule has 0 bridgehead atoms. The fourth-order valence-electron chi connectivity index (χ4n) is 2.71. The number of aromatic carboxylic acids is 1. The first-order valence-corrected chi connectivity index (χ1v) is 11.0. The molecule has 8 heteroatoms. The molecule has 0 saturated carbocycles. The lowest BCUT2D eigenvalue weighted by Gasteiger charge is -2.15. The second-order valence-corrected chi connectivity index (χ2v) is 9.03. The fourth-order valence-corrected chi connectivity index (χ4v) is 5.74. The van der Waals surface area contributed by atoms with Gasteiger partial charge in [-0.15, -0.1) is 0 Å². The van der Waals surface area contributed by atoms with Gasteiger partial charge < -0.3 is 15.5 Å². The molecule has 1 amide bonds. The summed E-state index contributed by atoms with van der Waals surface area (Å²) in [6.07, 6.45) is 4.50. The van der Waals surface area contributed by atoms with Gasteiger partial charge in [-0.2, -0.15) is 0 Å². The number of benzene rings is 1. The topological polar surface area (TPSA) is 104 Å². The lowest BCUT2D eigenvalue weighted by Crippen LogP contribution is -2.42. The monoisotopic (exact) mass is 397 g/mol. The minimum absolute atomic E-state index is 0.122. The van der Waals surface area contributed by atoms with Crippen LogP contribution >= 0.6 is 21.6 Å². The number of unbranched alkanes of at least 4 members (excludes halogenated alkanes) is 1. The summed E-state index contributed by atoms with van der Waals surface area (Å²) in [5.74, 6) is -1.19. The van der Waals surface area contributed by atoms with E-state index in [2.05, 4.69) is 5.32 Å². The van der Waals surface area contributed by atoms with Gasteiger partial charge in [-0.3, -0.25) is 4.79 Å². The number of rotatable bonds is 10. The Morgan fingerprint density at radius 1 is 1.15 bits per heavy atom. The van der Waals surface area contributed by atoms with Gasteiger partial charge in [-0.05, 0) is 37.0 Å². The van der Waals surface area contributed by atoms with E-state index in [1.807, 2.05) is 21.6 Å². The number of carboxylic acid groups (broad SMARTS) is 2. The third-order valence-electron chi connectivity index (χ3n) is 4.18. The Labute approximate surface area is 160 Å². The van der Waals surface area contributed by atoms with Crippen LogP contribution in [0.4, 0.5) is 0 Å². The van der Waals surface area contributed by atoms with Crippen molar-refractivity contribution in [1.82, 2.24) is 5.32 Å². The molecule has 1 aromatic rings. The molecule has 1 aliphatic rings. The molecule has 2 atom stereocenters. The van der Waals surface area contributed by atoms with Crippen molar-refractivity contribution in [3.8, 4) is 0 Å². The highest BCUT2D eigenvalue weighted by Gasteiger charge is 2.21. The standard InChI is InChI=1S/C18H23NO5S2/c20-16(4-2-1-3-14-9-10-25-26-14)19-15(18(23)24)11-12-5-7-13(8-6-12)17(21)22/h5-8,14-15H,1-4,9-11H2,(H,19,20)(H,21,22)(H,23,24)/t14-,15+/m1/s1. The van der Waals surface area contributed by atoms with Gasteiger partial charge in [0.15, 0.2) is 0 Å². The first-order chi connectivity index (χ1) is 12.5. The molecule has 142 valence electrons. The molecule has 0 unspecified atom stereocenters. The van der Waals surface area contributed by atoms with Crippen LogP contribution in [0.1, 0.15) is 48.0 Å². The average Bonchev–Trinajstić information content (AvgIpc) is 3.12. The Balaban J connectivity index is 1.76. The summed E-state index contributed by atoms with van der Waals surface area (Å²) in [6, 6.07) is 4.99. The van der Waals surface area contributed by atoms with Gasteiger partial charge in [-0.1, -0.05) is 40.1 Å². The number of hydrogen-bond donors (Lipinski definition) is 3. The molecule has 0 aromatic heterocycles. The third kappa shape index (κ3) is 6.92. The van der Waals surface area contributed by atoms with E-state index in [0.717, 1.165) is 19.3 Å². The zero-order valence-corrected chi connectivity index (χ0v) is 16.0. The van der Waals surface area contributed by atoms with Crippen LogP contribution in [0.3, 0.4) is 0 Å². The van der Waals surface area contributed by atoms with Gasteiger partial charge in [0.25, 0.3) is 0 Å². The minimum Gasteiger partial charge on any atom is -0.480 e. The lowest BCUT2D eigenvalue weighted by molar-refractivity contribution is -0.141. The maximum Gasteiger partial charge on any atom is 0.335 e. The molecule has 1 aliphatic heterocycles. The number of amides is 1. The number of carbonyl (C=O) groups is 3. The van der Waals surface area contributed by atoms with Gasteiger partial charge in [0.2, 0.25) is 5.91 Å². The Morgan fingerprint density at radius 3 is 2.46 bits per heavy atom. The maximum absolute atomic E-state index is 12.0. The SMILES string of the molecule is O=C(CCCC[C@@H]1CCSS1)N[C@@H](Cc1ccc(C(=O)O)cc1)C(=O)O. The van der Waals surface area contributed by atoms with Crippen LogP contribution in [0, 0.1) is 0 Å². The van der Waals surface area contributed by atoms with Crippen molar-refractivity contribution < 1.29 is 24.6 Å². The van der Waals surface area contributed by atoms with E-state index >= 15 is 0 Å². The normalized spacial score (nSPS) is 17.6. The summed E-state index contributed by atoms with van der Waals surface area (Å²) in [5, 5.41) is 21.5. The van der Waals surface area contributed by atoms with Crippen LogP contribution in [0.25, 0.3) is 0 Å². The zero-order valence-electron chi connectivity index (χ0n) is 14.3. The predicted molar refractivity (Wildman–Crippen MR) is 104 cm³/mol. The molecule has 0 radical (unpaired) electrons. The van der Waals surface area contributed by atoms with Crippen molar-refractivity contribution in [3.63, 3.8) is 0 Å². The maximum atomic E-state index is 12.0. The number of carboxylic acids is 2. The average molecular weight is 398 g/mol. The second-order valence-electron chi connectivity index (χ2n) is 6.24. The Morgan fingerprint density at radius 2 is 1.88 bits per heavy atom. The second kappa shape index (κ2) is 10.5. The van der Waals surface area contributed by atoms with E-state index in [-0.39, 0.29) is 17.9 Å². The summed E-state index contributed by atoms with van der Waals surface area (Å²) in [4.78, 5) is 34.3. The molecular formula is C18H23NO5S2. The quantitative estimate of drug-likeness (QED) is 0.411. The lowest BCUT2D eigenvalue weighted by atomic mass is 10.0. The highest BCUT2D eigenvalue weighted by Crippen LogP contribution is 2.39. The summed E-state index contributed by atoms with van der Waals surface area (Å²) in [6.45, 7) is 0. The van der Waals surface area contributed by atoms with E-state index in [9.17, 15) is 19.5 Å². The molecule has 1 saturated heterocycles. The number of aliphatic carboxylic acids is 1. The number of carbonyl (C=O) groups excluding carboxylic acids is 1. The van der Waals surface area contributed by atoms with Crippen molar-refractivity contribution >= 4 is 39.4 Å². The van der Waals surface area contributed by atoms with Crippen molar-refractivity contribution in [2.24, 2.45) is 0 Å². The highest BCUT2D eigenvalue weighted by atomic mass is 33.1. The molecule has 3 N–H and O–H groups in total. The van der Waals surface area contributed by atoms with E-state index < -0.39 is 18.0 Å². The van der Waals surface area contributed by atoms with Crippen LogP contribution < -0.4 is 5.32 Å². The van der Waals surface area contributed by atoms with Crippen LogP contribution in [0.15, 0.2) is 24.3 Å². The largest absolute Gasteiger partial charge is 0.480 e. The van der Waals surface area contributed by atoms with Gasteiger partial charge in [0.1, 0.15) is 6.04 Å². The van der Waals surface area contributed by atoms with Crippen LogP contribution in [0.5, 0.6) is 0 Å². The van der Waals surface area contributed by atoms with Gasteiger partial charge in [0, 0.05) is 23.8 Å². The van der Waals surface area contributed by atoms with Crippen molar-refractivity contribution in [1.29, 1.82) is 0 Å². The van der Waals surface area contributed by atoms with Gasteiger partial charge in [-0.25, -0.2) is 9.59 Å². The van der Waals surface area contributed by atoms with E-state index in [1.54, 1.807) is 12.1 Å². The molecule has 0 spiro atoms. The van der Waals surface area contributed by atoms with Gasteiger partial charge in [0.05, 0.1) is 5.56 Å². The summed E-state index contributed by atoms with van der Waals surface area (Å²) >= 11 is 0. The Hall–Kier alpha value is -1.67. The summed E-state index contributed by atoms with van der Waals surface area (Å²) in [7, 11) is 3.82. The van der Waals surface area contributed by atoms with Crippen molar-refractivity contribution in [2.45, 2.75) is 49.8 Å². The first kappa shape index (κ1) is 20.6. The first-order valence-electron chi connectivity index (χ1n) is 8.58. The third-order valence-corrected chi connectivity index (χ3v) is 7.19. The summed E-state index contributed by atoms with van der Waals surface area (Å²) in [5.41, 5.74) is 0.807. The Bertz CT molecular complexity index is 629. The van der Waals surface area contributed by atoms with Crippen LogP contribution in [-0.4, -0.2) is 45.1 Å². The molecular weight excluding hydrogens is 374 g/mol. The fraction of sp³-hybridized carbons (Fsp3) is 0.500. The minimum atomic E-state index is -1.10. The molecule has 2 rings (SSSR count). The van der Waals surface area contributed by atoms with Crippen LogP contribution in [-0.2, 0) is 16.0 Å². The van der Waals surface area contributed by atoms with E-state index in [4.69, 9.17) is 5.11 Å². The molecule has 0 aliphatic carbocycles. The van der Waals surface area contributed by atoms with E-state index in [0.29, 0.717) is 17.2 Å². The van der Waals surface area contributed by atoms with E-state index in [1.165, 1.54) is 24.3 Å². The van der Waals surface area contributed by atoms with Crippen molar-refractivity contribution in [2.75, 3.05) is 5.75 Å². The number of nitrogens with one attached hydrogen (secondary N) is 1. The number of hydrogen-bond acceptors (Lipinski definition) is 5.